The summed E-state index contributed by atoms with van der Waals surface area (Å²) in [5.41, 5.74) is 2.32. The van der Waals surface area contributed by atoms with E-state index in [0.717, 1.165) is 34.0 Å². The van der Waals surface area contributed by atoms with Crippen molar-refractivity contribution in [1.82, 2.24) is 15.4 Å². The molecule has 5 aromatic rings. The monoisotopic (exact) mass is 444 g/mol. The largest absolute Gasteiger partial charge is 0.416 e. The number of aromatic nitrogens is 3. The molecule has 0 amide bonds. The van der Waals surface area contributed by atoms with Crippen molar-refractivity contribution in [3.05, 3.63) is 89.2 Å². The second-order valence-corrected chi connectivity index (χ2v) is 7.45. The Kier molecular flexibility index (Phi) is 4.94. The highest BCUT2D eigenvalue weighted by atomic mass is 19.4. The second-order valence-electron chi connectivity index (χ2n) is 7.45. The molecular formula is C25H15F3N4O. The van der Waals surface area contributed by atoms with E-state index in [-0.39, 0.29) is 5.69 Å². The number of fused-ring (bicyclic) bond motifs is 2. The van der Waals surface area contributed by atoms with Gasteiger partial charge in [0.05, 0.1) is 28.9 Å². The van der Waals surface area contributed by atoms with Gasteiger partial charge in [-0.2, -0.15) is 23.4 Å². The van der Waals surface area contributed by atoms with Gasteiger partial charge in [0, 0.05) is 22.0 Å². The SMILES string of the molecule is Cc1ccc2c(Nc3cccc(C(F)(F)F)c3)noc2c1C#Cc1ccc2cnncc2c1. The van der Waals surface area contributed by atoms with E-state index in [1.54, 1.807) is 18.5 Å². The highest BCUT2D eigenvalue weighted by Gasteiger charge is 2.30. The Bertz CT molecular complexity index is 1560. The molecule has 33 heavy (non-hydrogen) atoms. The van der Waals surface area contributed by atoms with Crippen molar-refractivity contribution in [1.29, 1.82) is 0 Å². The van der Waals surface area contributed by atoms with Crippen LogP contribution < -0.4 is 5.32 Å². The van der Waals surface area contributed by atoms with E-state index in [4.69, 9.17) is 4.52 Å². The van der Waals surface area contributed by atoms with E-state index in [0.29, 0.717) is 22.4 Å². The zero-order valence-corrected chi connectivity index (χ0v) is 17.2. The Hall–Kier alpha value is -4.38. The molecule has 162 valence electrons. The second kappa shape index (κ2) is 7.95. The van der Waals surface area contributed by atoms with Crippen LogP contribution in [0.15, 0.2) is 71.5 Å². The molecule has 5 nitrogen and oxygen atoms in total. The molecule has 0 aliphatic rings. The van der Waals surface area contributed by atoms with Gasteiger partial charge in [0.2, 0.25) is 0 Å². The molecule has 0 aliphatic heterocycles. The maximum atomic E-state index is 13.0. The molecule has 0 radical (unpaired) electrons. The van der Waals surface area contributed by atoms with Crippen LogP contribution in [-0.4, -0.2) is 15.4 Å². The molecule has 5 rings (SSSR count). The maximum Gasteiger partial charge on any atom is 0.416 e. The van der Waals surface area contributed by atoms with E-state index in [1.165, 1.54) is 12.1 Å². The minimum Gasteiger partial charge on any atom is -0.353 e. The number of rotatable bonds is 2. The lowest BCUT2D eigenvalue weighted by Gasteiger charge is -2.09. The molecule has 1 N–H and O–H groups in total. The van der Waals surface area contributed by atoms with Gasteiger partial charge in [0.1, 0.15) is 0 Å². The third-order valence-electron chi connectivity index (χ3n) is 5.18. The van der Waals surface area contributed by atoms with Crippen LogP contribution in [0, 0.1) is 18.8 Å². The average Bonchev–Trinajstić information content (AvgIpc) is 3.20. The summed E-state index contributed by atoms with van der Waals surface area (Å²) in [7, 11) is 0. The number of anilines is 2. The summed E-state index contributed by atoms with van der Waals surface area (Å²) >= 11 is 0. The standard InChI is InChI=1S/C25H15F3N4O/c1-15-5-9-22-23(21(15)10-7-16-6-8-17-13-29-30-14-18(17)11-16)33-32-24(22)31-20-4-2-3-19(12-20)25(26,27)28/h2-6,8-9,11-14H,1H3,(H,31,32). The molecule has 0 atom stereocenters. The van der Waals surface area contributed by atoms with Crippen molar-refractivity contribution >= 4 is 33.2 Å². The van der Waals surface area contributed by atoms with Crippen LogP contribution in [0.25, 0.3) is 21.7 Å². The molecule has 0 spiro atoms. The van der Waals surface area contributed by atoms with Crippen molar-refractivity contribution < 1.29 is 17.7 Å². The zero-order chi connectivity index (χ0) is 23.0. The van der Waals surface area contributed by atoms with Crippen LogP contribution in [0.4, 0.5) is 24.7 Å². The number of hydrogen-bond donors (Lipinski definition) is 1. The summed E-state index contributed by atoms with van der Waals surface area (Å²) < 4.78 is 44.6. The van der Waals surface area contributed by atoms with Gasteiger partial charge < -0.3 is 9.84 Å². The topological polar surface area (TPSA) is 63.8 Å². The number of nitrogens with one attached hydrogen (secondary N) is 1. The van der Waals surface area contributed by atoms with Crippen LogP contribution in [0.3, 0.4) is 0 Å². The van der Waals surface area contributed by atoms with Gasteiger partial charge in [0.15, 0.2) is 11.4 Å². The minimum absolute atomic E-state index is 0.257. The number of hydrogen-bond acceptors (Lipinski definition) is 5. The smallest absolute Gasteiger partial charge is 0.353 e. The van der Waals surface area contributed by atoms with Crippen molar-refractivity contribution in [2.24, 2.45) is 0 Å². The lowest BCUT2D eigenvalue weighted by atomic mass is 10.0. The zero-order valence-electron chi connectivity index (χ0n) is 17.2. The molecule has 0 unspecified atom stereocenters. The fourth-order valence-electron chi connectivity index (χ4n) is 3.47. The van der Waals surface area contributed by atoms with Crippen LogP contribution in [0.5, 0.6) is 0 Å². The van der Waals surface area contributed by atoms with Crippen LogP contribution in [-0.2, 0) is 6.18 Å². The fraction of sp³-hybridized carbons (Fsp3) is 0.0800. The molecule has 2 heterocycles. The lowest BCUT2D eigenvalue weighted by molar-refractivity contribution is -0.137. The number of alkyl halides is 3. The van der Waals surface area contributed by atoms with Crippen molar-refractivity contribution in [2.75, 3.05) is 5.32 Å². The molecule has 0 fully saturated rings. The minimum atomic E-state index is -4.43. The van der Waals surface area contributed by atoms with Gasteiger partial charge in [0.25, 0.3) is 0 Å². The van der Waals surface area contributed by atoms with E-state index in [1.807, 2.05) is 31.2 Å². The summed E-state index contributed by atoms with van der Waals surface area (Å²) in [6.45, 7) is 1.90. The Morgan fingerprint density at radius 1 is 0.909 bits per heavy atom. The number of nitrogens with zero attached hydrogens (tertiary/aromatic N) is 3. The van der Waals surface area contributed by atoms with Gasteiger partial charge in [-0.15, -0.1) is 0 Å². The molecule has 0 bridgehead atoms. The molecule has 3 aromatic carbocycles. The molecule has 0 saturated heterocycles. The Balaban J connectivity index is 1.51. The van der Waals surface area contributed by atoms with Crippen molar-refractivity contribution in [3.63, 3.8) is 0 Å². The van der Waals surface area contributed by atoms with Gasteiger partial charge in [-0.1, -0.05) is 35.2 Å². The molecular weight excluding hydrogens is 429 g/mol. The quantitative estimate of drug-likeness (QED) is 0.327. The molecule has 2 aromatic heterocycles. The fourth-order valence-corrected chi connectivity index (χ4v) is 3.47. The molecule has 0 saturated carbocycles. The van der Waals surface area contributed by atoms with Crippen molar-refractivity contribution in [3.8, 4) is 11.8 Å². The number of aryl methyl sites for hydroxylation is 1. The van der Waals surface area contributed by atoms with E-state index >= 15 is 0 Å². The third kappa shape index (κ3) is 4.08. The molecule has 0 aliphatic carbocycles. The van der Waals surface area contributed by atoms with Crippen LogP contribution >= 0.6 is 0 Å². The first-order chi connectivity index (χ1) is 15.9. The lowest BCUT2D eigenvalue weighted by Crippen LogP contribution is -2.05. The first-order valence-electron chi connectivity index (χ1n) is 9.94. The predicted molar refractivity (Wildman–Crippen MR) is 119 cm³/mol. The summed E-state index contributed by atoms with van der Waals surface area (Å²) in [6.07, 6.45) is -1.07. The summed E-state index contributed by atoms with van der Waals surface area (Å²) in [5, 5.41) is 17.2. The molecule has 8 heteroatoms. The highest BCUT2D eigenvalue weighted by molar-refractivity contribution is 5.94. The van der Waals surface area contributed by atoms with Crippen molar-refractivity contribution in [2.45, 2.75) is 13.1 Å². The average molecular weight is 444 g/mol. The van der Waals surface area contributed by atoms with Gasteiger partial charge in [-0.25, -0.2) is 0 Å². The normalized spacial score (nSPS) is 11.4. The van der Waals surface area contributed by atoms with E-state index < -0.39 is 11.7 Å². The van der Waals surface area contributed by atoms with E-state index in [2.05, 4.69) is 32.5 Å². The number of halogens is 3. The first kappa shape index (κ1) is 20.5. The summed E-state index contributed by atoms with van der Waals surface area (Å²) in [4.78, 5) is 0. The first-order valence-corrected chi connectivity index (χ1v) is 9.94. The maximum absolute atomic E-state index is 13.0. The third-order valence-corrected chi connectivity index (χ3v) is 5.18. The highest BCUT2D eigenvalue weighted by Crippen LogP contribution is 2.33. The van der Waals surface area contributed by atoms with Crippen LogP contribution in [0.1, 0.15) is 22.3 Å². The van der Waals surface area contributed by atoms with Gasteiger partial charge >= 0.3 is 6.18 Å². The summed E-state index contributed by atoms with van der Waals surface area (Å²) in [6, 6.07) is 14.3. The van der Waals surface area contributed by atoms with Gasteiger partial charge in [-0.05, 0) is 48.9 Å². The number of benzene rings is 3. The van der Waals surface area contributed by atoms with Gasteiger partial charge in [-0.3, -0.25) is 0 Å². The Morgan fingerprint density at radius 3 is 2.55 bits per heavy atom. The Morgan fingerprint density at radius 2 is 1.73 bits per heavy atom. The van der Waals surface area contributed by atoms with E-state index in [9.17, 15) is 13.2 Å². The Labute approximate surface area is 186 Å². The van der Waals surface area contributed by atoms with Crippen LogP contribution in [0.2, 0.25) is 0 Å². The predicted octanol–water partition coefficient (Wildman–Crippen LogP) is 6.24. The summed E-state index contributed by atoms with van der Waals surface area (Å²) in [5.74, 6) is 6.60.